The number of likely N-dealkylation sites (tertiary alicyclic amines) is 2. The van der Waals surface area contributed by atoms with Crippen molar-refractivity contribution in [3.8, 4) is 0 Å². The molecule has 0 aromatic carbocycles. The van der Waals surface area contributed by atoms with E-state index in [2.05, 4.69) is 4.90 Å². The summed E-state index contributed by atoms with van der Waals surface area (Å²) in [5, 5.41) is 9.28. The molecule has 0 aliphatic carbocycles. The summed E-state index contributed by atoms with van der Waals surface area (Å²) < 4.78 is 5.04. The maximum Gasteiger partial charge on any atom is 0.409 e. The molecule has 0 radical (unpaired) electrons. The van der Waals surface area contributed by atoms with Gasteiger partial charge in [-0.2, -0.15) is 0 Å². The van der Waals surface area contributed by atoms with E-state index in [1.54, 1.807) is 0 Å². The molecule has 0 aromatic rings. The first kappa shape index (κ1) is 14.6. The fourth-order valence-electron chi connectivity index (χ4n) is 3.21. The second kappa shape index (κ2) is 7.10. The smallest absolute Gasteiger partial charge is 0.409 e. The Morgan fingerprint density at radius 1 is 1.26 bits per heavy atom. The summed E-state index contributed by atoms with van der Waals surface area (Å²) in [6.07, 6.45) is 4.21. The largest absolute Gasteiger partial charge is 0.450 e. The zero-order valence-corrected chi connectivity index (χ0v) is 11.9. The average molecular weight is 270 g/mol. The topological polar surface area (TPSA) is 53.0 Å². The summed E-state index contributed by atoms with van der Waals surface area (Å²) in [6, 6.07) is 0.569. The Balaban J connectivity index is 1.78. The molecule has 2 aliphatic heterocycles. The standard InChI is InChI=1S/C14H26N2O3/c1-2-19-14(18)15-8-5-13(6-9-15)16-7-3-4-12(10-16)11-17/h12-13,17H,2-11H2,1H3/t12-/m1/s1. The highest BCUT2D eigenvalue weighted by Crippen LogP contribution is 2.23. The van der Waals surface area contributed by atoms with E-state index in [0.29, 0.717) is 25.2 Å². The molecule has 0 bridgehead atoms. The van der Waals surface area contributed by atoms with Crippen molar-refractivity contribution < 1.29 is 14.6 Å². The third kappa shape index (κ3) is 3.83. The zero-order chi connectivity index (χ0) is 13.7. The fourth-order valence-corrected chi connectivity index (χ4v) is 3.21. The van der Waals surface area contributed by atoms with Crippen LogP contribution in [0.1, 0.15) is 32.6 Å². The van der Waals surface area contributed by atoms with Gasteiger partial charge in [0.15, 0.2) is 0 Å². The van der Waals surface area contributed by atoms with E-state index in [1.807, 2.05) is 11.8 Å². The number of aliphatic hydroxyl groups excluding tert-OH is 1. The van der Waals surface area contributed by atoms with Crippen molar-refractivity contribution >= 4 is 6.09 Å². The van der Waals surface area contributed by atoms with E-state index in [1.165, 1.54) is 6.42 Å². The van der Waals surface area contributed by atoms with Crippen molar-refractivity contribution in [2.75, 3.05) is 39.4 Å². The fraction of sp³-hybridized carbons (Fsp3) is 0.929. The Kier molecular flexibility index (Phi) is 5.45. The lowest BCUT2D eigenvalue weighted by Crippen LogP contribution is -2.50. The Labute approximate surface area is 115 Å². The molecule has 2 fully saturated rings. The molecule has 0 spiro atoms. The summed E-state index contributed by atoms with van der Waals surface area (Å²) in [7, 11) is 0. The molecule has 0 aromatic heterocycles. The highest BCUT2D eigenvalue weighted by Gasteiger charge is 2.30. The van der Waals surface area contributed by atoms with E-state index in [4.69, 9.17) is 4.74 Å². The predicted molar refractivity (Wildman–Crippen MR) is 73.0 cm³/mol. The van der Waals surface area contributed by atoms with Crippen LogP contribution in [0.15, 0.2) is 0 Å². The van der Waals surface area contributed by atoms with Crippen LogP contribution >= 0.6 is 0 Å². The summed E-state index contributed by atoms with van der Waals surface area (Å²) in [5.74, 6) is 0.442. The second-order valence-corrected chi connectivity index (χ2v) is 5.60. The molecule has 5 heteroatoms. The molecule has 1 atom stereocenters. The normalized spacial score (nSPS) is 26.4. The molecular weight excluding hydrogens is 244 g/mol. The minimum atomic E-state index is -0.173. The summed E-state index contributed by atoms with van der Waals surface area (Å²) in [4.78, 5) is 16.0. The van der Waals surface area contributed by atoms with Crippen LogP contribution in [0.3, 0.4) is 0 Å². The van der Waals surface area contributed by atoms with Crippen molar-refractivity contribution in [3.63, 3.8) is 0 Å². The third-order valence-electron chi connectivity index (χ3n) is 4.32. The van der Waals surface area contributed by atoms with Crippen molar-refractivity contribution in [2.45, 2.75) is 38.6 Å². The minimum absolute atomic E-state index is 0.173. The number of carbonyl (C=O) groups excluding carboxylic acids is 1. The Morgan fingerprint density at radius 2 is 2.00 bits per heavy atom. The third-order valence-corrected chi connectivity index (χ3v) is 4.32. The average Bonchev–Trinajstić information content (AvgIpc) is 2.48. The van der Waals surface area contributed by atoms with Gasteiger partial charge in [-0.05, 0) is 45.1 Å². The number of piperidine rings is 2. The van der Waals surface area contributed by atoms with Gasteiger partial charge in [-0.3, -0.25) is 4.90 Å². The maximum absolute atomic E-state index is 11.6. The second-order valence-electron chi connectivity index (χ2n) is 5.60. The number of ether oxygens (including phenoxy) is 1. The van der Waals surface area contributed by atoms with E-state index >= 15 is 0 Å². The minimum Gasteiger partial charge on any atom is -0.450 e. The monoisotopic (exact) mass is 270 g/mol. The maximum atomic E-state index is 11.6. The van der Waals surface area contributed by atoms with Crippen LogP contribution in [0.5, 0.6) is 0 Å². The van der Waals surface area contributed by atoms with Crippen LogP contribution in [-0.4, -0.2) is 66.4 Å². The number of amides is 1. The summed E-state index contributed by atoms with van der Waals surface area (Å²) >= 11 is 0. The molecule has 2 heterocycles. The number of rotatable bonds is 3. The molecule has 2 rings (SSSR count). The van der Waals surface area contributed by atoms with Gasteiger partial charge in [-0.1, -0.05) is 0 Å². The molecule has 0 unspecified atom stereocenters. The molecule has 0 saturated carbocycles. The SMILES string of the molecule is CCOC(=O)N1CCC(N2CCC[C@@H](CO)C2)CC1. The lowest BCUT2D eigenvalue weighted by molar-refractivity contribution is 0.0470. The van der Waals surface area contributed by atoms with Gasteiger partial charge in [0, 0.05) is 32.3 Å². The Bertz CT molecular complexity index is 290. The number of nitrogens with zero attached hydrogens (tertiary/aromatic N) is 2. The first-order valence-corrected chi connectivity index (χ1v) is 7.51. The van der Waals surface area contributed by atoms with E-state index in [9.17, 15) is 9.90 Å². The summed E-state index contributed by atoms with van der Waals surface area (Å²) in [6.45, 7) is 6.34. The van der Waals surface area contributed by atoms with Gasteiger partial charge in [0.25, 0.3) is 0 Å². The number of hydrogen-bond acceptors (Lipinski definition) is 4. The van der Waals surface area contributed by atoms with Crippen molar-refractivity contribution in [1.82, 2.24) is 9.80 Å². The molecule has 19 heavy (non-hydrogen) atoms. The van der Waals surface area contributed by atoms with Crippen LogP contribution in [0.2, 0.25) is 0 Å². The van der Waals surface area contributed by atoms with Crippen molar-refractivity contribution in [2.24, 2.45) is 5.92 Å². The lowest BCUT2D eigenvalue weighted by atomic mass is 9.94. The molecule has 1 amide bonds. The molecular formula is C14H26N2O3. The molecule has 1 N–H and O–H groups in total. The van der Waals surface area contributed by atoms with Gasteiger partial charge in [-0.15, -0.1) is 0 Å². The molecule has 2 saturated heterocycles. The van der Waals surface area contributed by atoms with Crippen LogP contribution in [0.4, 0.5) is 4.79 Å². The van der Waals surface area contributed by atoms with Gasteiger partial charge in [0.05, 0.1) is 6.61 Å². The number of carbonyl (C=O) groups is 1. The van der Waals surface area contributed by atoms with E-state index < -0.39 is 0 Å². The van der Waals surface area contributed by atoms with Crippen LogP contribution in [0.25, 0.3) is 0 Å². The first-order chi connectivity index (χ1) is 9.24. The predicted octanol–water partition coefficient (Wildman–Crippen LogP) is 1.31. The highest BCUT2D eigenvalue weighted by atomic mass is 16.6. The van der Waals surface area contributed by atoms with Crippen molar-refractivity contribution in [3.05, 3.63) is 0 Å². The molecule has 2 aliphatic rings. The highest BCUT2D eigenvalue weighted by molar-refractivity contribution is 5.67. The van der Waals surface area contributed by atoms with E-state index in [0.717, 1.165) is 45.4 Å². The lowest BCUT2D eigenvalue weighted by Gasteiger charge is -2.41. The van der Waals surface area contributed by atoms with Gasteiger partial charge in [-0.25, -0.2) is 4.79 Å². The Morgan fingerprint density at radius 3 is 2.63 bits per heavy atom. The first-order valence-electron chi connectivity index (χ1n) is 7.51. The van der Waals surface area contributed by atoms with Gasteiger partial charge in [0.2, 0.25) is 0 Å². The molecule has 5 nitrogen and oxygen atoms in total. The summed E-state index contributed by atoms with van der Waals surface area (Å²) in [5.41, 5.74) is 0. The molecule has 110 valence electrons. The van der Waals surface area contributed by atoms with Crippen molar-refractivity contribution in [1.29, 1.82) is 0 Å². The van der Waals surface area contributed by atoms with Crippen LogP contribution < -0.4 is 0 Å². The quantitative estimate of drug-likeness (QED) is 0.840. The number of aliphatic hydroxyl groups is 1. The number of hydrogen-bond donors (Lipinski definition) is 1. The van der Waals surface area contributed by atoms with E-state index in [-0.39, 0.29) is 6.09 Å². The van der Waals surface area contributed by atoms with Crippen LogP contribution in [-0.2, 0) is 4.74 Å². The zero-order valence-electron chi connectivity index (χ0n) is 11.9. The van der Waals surface area contributed by atoms with Gasteiger partial charge < -0.3 is 14.7 Å². The van der Waals surface area contributed by atoms with Gasteiger partial charge >= 0.3 is 6.09 Å². The van der Waals surface area contributed by atoms with Gasteiger partial charge in [0.1, 0.15) is 0 Å². The van der Waals surface area contributed by atoms with Crippen LogP contribution in [0, 0.1) is 5.92 Å². The Hall–Kier alpha value is -0.810.